The van der Waals surface area contributed by atoms with E-state index >= 15 is 0 Å². The van der Waals surface area contributed by atoms with Crippen LogP contribution in [0.3, 0.4) is 0 Å². The molecule has 0 aliphatic carbocycles. The number of alkyl halides is 3. The van der Waals surface area contributed by atoms with E-state index in [1.807, 2.05) is 0 Å². The summed E-state index contributed by atoms with van der Waals surface area (Å²) in [5, 5.41) is 19.0. The van der Waals surface area contributed by atoms with Crippen LogP contribution in [0.1, 0.15) is 5.56 Å². The molecule has 9 heteroatoms. The highest BCUT2D eigenvalue weighted by Crippen LogP contribution is 2.35. The molecule has 6 nitrogen and oxygen atoms in total. The average molecular weight is 277 g/mol. The molecule has 1 aromatic carbocycles. The van der Waals surface area contributed by atoms with Crippen LogP contribution in [0.15, 0.2) is 24.3 Å². The summed E-state index contributed by atoms with van der Waals surface area (Å²) in [6.07, 6.45) is -3.81. The summed E-state index contributed by atoms with van der Waals surface area (Å²) < 4.78 is 40.1. The van der Waals surface area contributed by atoms with Crippen molar-refractivity contribution >= 4 is 17.7 Å². The van der Waals surface area contributed by atoms with Crippen LogP contribution in [0, 0.1) is 10.1 Å². The molecular weight excluding hydrogens is 271 g/mol. The van der Waals surface area contributed by atoms with Crippen LogP contribution >= 0.6 is 0 Å². The predicted octanol–water partition coefficient (Wildman–Crippen LogP) is 2.59. The Morgan fingerprint density at radius 3 is 2.53 bits per heavy atom. The quantitative estimate of drug-likeness (QED) is 0.519. The number of para-hydroxylation sites is 1. The van der Waals surface area contributed by atoms with Gasteiger partial charge in [0.25, 0.3) is 0 Å². The Labute approximate surface area is 103 Å². The van der Waals surface area contributed by atoms with Gasteiger partial charge in [-0.2, -0.15) is 0 Å². The van der Waals surface area contributed by atoms with Crippen molar-refractivity contribution in [3.8, 4) is 5.75 Å². The first-order valence-corrected chi connectivity index (χ1v) is 4.65. The molecular formula is C10H6F3NO5. The lowest BCUT2D eigenvalue weighted by molar-refractivity contribution is -0.388. The van der Waals surface area contributed by atoms with Crippen LogP contribution in [-0.4, -0.2) is 22.4 Å². The third kappa shape index (κ3) is 4.30. The highest BCUT2D eigenvalue weighted by molar-refractivity contribution is 5.86. The van der Waals surface area contributed by atoms with Gasteiger partial charge in [-0.3, -0.25) is 10.1 Å². The van der Waals surface area contributed by atoms with E-state index in [0.717, 1.165) is 24.3 Å². The molecule has 0 aliphatic heterocycles. The number of aliphatic carboxylic acids is 1. The van der Waals surface area contributed by atoms with E-state index in [0.29, 0.717) is 6.08 Å². The molecule has 0 atom stereocenters. The van der Waals surface area contributed by atoms with Crippen LogP contribution in [0.25, 0.3) is 6.08 Å². The second-order valence-corrected chi connectivity index (χ2v) is 3.17. The molecule has 0 saturated carbocycles. The van der Waals surface area contributed by atoms with E-state index in [1.165, 1.54) is 0 Å². The average Bonchev–Trinajstić information content (AvgIpc) is 2.24. The third-order valence-electron chi connectivity index (χ3n) is 1.84. The summed E-state index contributed by atoms with van der Waals surface area (Å²) in [4.78, 5) is 19.9. The zero-order chi connectivity index (χ0) is 14.6. The largest absolute Gasteiger partial charge is 0.573 e. The van der Waals surface area contributed by atoms with Crippen LogP contribution in [-0.2, 0) is 4.79 Å². The van der Waals surface area contributed by atoms with Crippen LogP contribution in [0.5, 0.6) is 5.75 Å². The Bertz CT molecular complexity index is 538. The van der Waals surface area contributed by atoms with Crippen molar-refractivity contribution in [2.75, 3.05) is 0 Å². The summed E-state index contributed by atoms with van der Waals surface area (Å²) in [6.45, 7) is 0. The summed E-state index contributed by atoms with van der Waals surface area (Å²) in [7, 11) is 0. The molecule has 1 rings (SSSR count). The topological polar surface area (TPSA) is 89.7 Å². The van der Waals surface area contributed by atoms with E-state index in [1.54, 1.807) is 0 Å². The number of ether oxygens (including phenoxy) is 1. The van der Waals surface area contributed by atoms with Crippen molar-refractivity contribution in [2.24, 2.45) is 0 Å². The van der Waals surface area contributed by atoms with Crippen molar-refractivity contribution in [1.82, 2.24) is 0 Å². The maximum absolute atomic E-state index is 12.2. The molecule has 0 fully saturated rings. The van der Waals surface area contributed by atoms with Crippen molar-refractivity contribution in [3.63, 3.8) is 0 Å². The van der Waals surface area contributed by atoms with Crippen LogP contribution in [0.2, 0.25) is 0 Å². The van der Waals surface area contributed by atoms with Gasteiger partial charge in [-0.1, -0.05) is 12.1 Å². The molecule has 0 aliphatic rings. The van der Waals surface area contributed by atoms with E-state index in [9.17, 15) is 28.1 Å². The summed E-state index contributed by atoms with van der Waals surface area (Å²) in [5.74, 6) is -2.47. The molecule has 0 heterocycles. The lowest BCUT2D eigenvalue weighted by atomic mass is 10.1. The second kappa shape index (κ2) is 5.38. The monoisotopic (exact) mass is 277 g/mol. The molecule has 102 valence electrons. The van der Waals surface area contributed by atoms with Gasteiger partial charge in [0.2, 0.25) is 5.75 Å². The zero-order valence-corrected chi connectivity index (χ0v) is 9.05. The SMILES string of the molecule is O=C(O)/C=C/c1cccc([N+](=O)[O-])c1OC(F)(F)F. The normalized spacial score (nSPS) is 11.5. The Morgan fingerprint density at radius 2 is 2.05 bits per heavy atom. The molecule has 0 unspecified atom stereocenters. The number of carboxylic acid groups (broad SMARTS) is 1. The van der Waals surface area contributed by atoms with Crippen LogP contribution in [0.4, 0.5) is 18.9 Å². The van der Waals surface area contributed by atoms with E-state index < -0.39 is 28.7 Å². The van der Waals surface area contributed by atoms with Gasteiger partial charge in [-0.25, -0.2) is 4.79 Å². The number of hydrogen-bond acceptors (Lipinski definition) is 4. The minimum atomic E-state index is -5.13. The number of nitro groups is 1. The van der Waals surface area contributed by atoms with Gasteiger partial charge in [0.15, 0.2) is 0 Å². The minimum absolute atomic E-state index is 0.367. The van der Waals surface area contributed by atoms with Gasteiger partial charge >= 0.3 is 18.0 Å². The van der Waals surface area contributed by atoms with Gasteiger partial charge < -0.3 is 9.84 Å². The fraction of sp³-hybridized carbons (Fsp3) is 0.100. The number of rotatable bonds is 4. The first kappa shape index (κ1) is 14.5. The Kier molecular flexibility index (Phi) is 4.10. The second-order valence-electron chi connectivity index (χ2n) is 3.17. The molecule has 19 heavy (non-hydrogen) atoms. The van der Waals surface area contributed by atoms with E-state index in [4.69, 9.17) is 5.11 Å². The van der Waals surface area contributed by atoms with Crippen molar-refractivity contribution < 1.29 is 32.7 Å². The van der Waals surface area contributed by atoms with Crippen molar-refractivity contribution in [3.05, 3.63) is 40.0 Å². The standard InChI is InChI=1S/C10H6F3NO5/c11-10(12,13)19-9-6(4-5-8(15)16)2-1-3-7(9)14(17)18/h1-5H,(H,15,16)/b5-4+. The number of nitro benzene ring substituents is 1. The van der Waals surface area contributed by atoms with Gasteiger partial charge in [0, 0.05) is 17.7 Å². The first-order valence-electron chi connectivity index (χ1n) is 4.65. The molecule has 0 spiro atoms. The van der Waals surface area contributed by atoms with E-state index in [-0.39, 0.29) is 5.56 Å². The maximum atomic E-state index is 12.2. The highest BCUT2D eigenvalue weighted by atomic mass is 19.4. The van der Waals surface area contributed by atoms with Gasteiger partial charge in [-0.05, 0) is 6.08 Å². The maximum Gasteiger partial charge on any atom is 0.573 e. The van der Waals surface area contributed by atoms with Crippen molar-refractivity contribution in [2.45, 2.75) is 6.36 Å². The molecule has 0 aromatic heterocycles. The molecule has 1 N–H and O–H groups in total. The number of halogens is 3. The zero-order valence-electron chi connectivity index (χ0n) is 9.05. The van der Waals surface area contributed by atoms with Crippen LogP contribution < -0.4 is 4.74 Å². The lowest BCUT2D eigenvalue weighted by Gasteiger charge is -2.11. The molecule has 1 aromatic rings. The number of nitrogens with zero attached hydrogens (tertiary/aromatic N) is 1. The molecule has 0 bridgehead atoms. The van der Waals surface area contributed by atoms with Gasteiger partial charge in [0.05, 0.1) is 4.92 Å². The Balaban J connectivity index is 3.33. The Hall–Kier alpha value is -2.58. The van der Waals surface area contributed by atoms with E-state index in [2.05, 4.69) is 4.74 Å². The lowest BCUT2D eigenvalue weighted by Crippen LogP contribution is -2.18. The fourth-order valence-electron chi connectivity index (χ4n) is 1.21. The molecule has 0 saturated heterocycles. The Morgan fingerprint density at radius 1 is 1.42 bits per heavy atom. The molecule has 0 radical (unpaired) electrons. The van der Waals surface area contributed by atoms with Gasteiger partial charge in [-0.15, -0.1) is 13.2 Å². The summed E-state index contributed by atoms with van der Waals surface area (Å²) >= 11 is 0. The fourth-order valence-corrected chi connectivity index (χ4v) is 1.21. The predicted molar refractivity (Wildman–Crippen MR) is 56.4 cm³/mol. The minimum Gasteiger partial charge on any atom is -0.478 e. The number of carboxylic acids is 1. The molecule has 0 amide bonds. The summed E-state index contributed by atoms with van der Waals surface area (Å²) in [6, 6.07) is 3.00. The van der Waals surface area contributed by atoms with Crippen molar-refractivity contribution in [1.29, 1.82) is 0 Å². The third-order valence-corrected chi connectivity index (χ3v) is 1.84. The first-order chi connectivity index (χ1) is 8.70. The summed E-state index contributed by atoms with van der Waals surface area (Å²) in [5.41, 5.74) is -1.28. The highest BCUT2D eigenvalue weighted by Gasteiger charge is 2.35. The number of benzene rings is 1. The van der Waals surface area contributed by atoms with Gasteiger partial charge in [0.1, 0.15) is 0 Å². The number of hydrogen-bond donors (Lipinski definition) is 1. The number of carbonyl (C=O) groups is 1. The smallest absolute Gasteiger partial charge is 0.478 e.